The number of carbonyl (C=O) groups is 3. The van der Waals surface area contributed by atoms with E-state index < -0.39 is 5.60 Å². The van der Waals surface area contributed by atoms with Crippen LogP contribution in [0.5, 0.6) is 5.75 Å². The zero-order chi connectivity index (χ0) is 23.8. The highest BCUT2D eigenvalue weighted by atomic mass is 16.5. The molecule has 0 bridgehead atoms. The van der Waals surface area contributed by atoms with E-state index in [2.05, 4.69) is 19.2 Å². The van der Waals surface area contributed by atoms with Gasteiger partial charge in [-0.25, -0.2) is 0 Å². The zero-order valence-electron chi connectivity index (χ0n) is 20.4. The summed E-state index contributed by atoms with van der Waals surface area (Å²) >= 11 is 0. The van der Waals surface area contributed by atoms with Crippen molar-refractivity contribution in [1.82, 2.24) is 10.2 Å². The minimum absolute atomic E-state index is 0.0706. The van der Waals surface area contributed by atoms with Crippen LogP contribution in [0.3, 0.4) is 0 Å². The number of fused-ring (bicyclic) bond motifs is 1. The van der Waals surface area contributed by atoms with Crippen molar-refractivity contribution in [3.63, 3.8) is 0 Å². The van der Waals surface area contributed by atoms with Crippen molar-refractivity contribution < 1.29 is 19.1 Å². The molecule has 32 heavy (non-hydrogen) atoms. The largest absolute Gasteiger partial charge is 0.476 e. The number of hydrogen-bond acceptors (Lipinski definition) is 4. The molecule has 0 saturated carbocycles. The van der Waals surface area contributed by atoms with Crippen molar-refractivity contribution in [2.75, 3.05) is 11.4 Å². The Hall–Kier alpha value is -2.57. The zero-order valence-corrected chi connectivity index (χ0v) is 20.4. The molecule has 3 amide bonds. The van der Waals surface area contributed by atoms with E-state index in [1.807, 2.05) is 25.7 Å². The van der Waals surface area contributed by atoms with Crippen LogP contribution in [0.2, 0.25) is 0 Å². The molecule has 2 unspecified atom stereocenters. The van der Waals surface area contributed by atoms with E-state index in [-0.39, 0.29) is 41.9 Å². The van der Waals surface area contributed by atoms with Crippen LogP contribution < -0.4 is 15.0 Å². The average Bonchev–Trinajstić information content (AvgIpc) is 2.70. The fourth-order valence-corrected chi connectivity index (χ4v) is 4.46. The Morgan fingerprint density at radius 2 is 1.81 bits per heavy atom. The van der Waals surface area contributed by atoms with Crippen LogP contribution in [0.4, 0.5) is 5.69 Å². The van der Waals surface area contributed by atoms with Gasteiger partial charge in [0.1, 0.15) is 12.3 Å². The van der Waals surface area contributed by atoms with Gasteiger partial charge in [-0.05, 0) is 85.4 Å². The van der Waals surface area contributed by atoms with E-state index in [9.17, 15) is 14.4 Å². The lowest BCUT2D eigenvalue weighted by molar-refractivity contribution is -0.139. The van der Waals surface area contributed by atoms with Crippen LogP contribution in [-0.4, -0.2) is 52.4 Å². The fourth-order valence-electron chi connectivity index (χ4n) is 4.46. The van der Waals surface area contributed by atoms with Gasteiger partial charge in [0.05, 0.1) is 5.69 Å². The Morgan fingerprint density at radius 3 is 2.41 bits per heavy atom. The summed E-state index contributed by atoms with van der Waals surface area (Å²) in [5, 5.41) is 3.02. The Bertz CT molecular complexity index is 898. The number of nitrogens with one attached hydrogen (secondary N) is 1. The first kappa shape index (κ1) is 24.1. The highest BCUT2D eigenvalue weighted by molar-refractivity contribution is 6.07. The molecule has 3 rings (SSSR count). The van der Waals surface area contributed by atoms with Crippen molar-refractivity contribution in [2.24, 2.45) is 0 Å². The molecule has 7 heteroatoms. The normalized spacial score (nSPS) is 22.8. The SMILES string of the molecule is CCC(C)(C)NC(=O)c1ccc2c(c1)N(CC(=O)N1C(C)CCCC1C)C(=O)C(C)(C)O2. The van der Waals surface area contributed by atoms with Gasteiger partial charge in [-0.1, -0.05) is 6.92 Å². The van der Waals surface area contributed by atoms with Gasteiger partial charge in [-0.15, -0.1) is 0 Å². The summed E-state index contributed by atoms with van der Waals surface area (Å²) in [6.45, 7) is 13.4. The second kappa shape index (κ2) is 8.75. The van der Waals surface area contributed by atoms with Gasteiger partial charge in [-0.3, -0.25) is 19.3 Å². The molecule has 0 aromatic heterocycles. The van der Waals surface area contributed by atoms with Crippen molar-refractivity contribution in [2.45, 2.75) is 97.4 Å². The third-order valence-electron chi connectivity index (χ3n) is 6.75. The number of rotatable bonds is 5. The van der Waals surface area contributed by atoms with Gasteiger partial charge in [0.25, 0.3) is 11.8 Å². The van der Waals surface area contributed by atoms with Crippen molar-refractivity contribution in [3.05, 3.63) is 23.8 Å². The van der Waals surface area contributed by atoms with Crippen LogP contribution in [0.15, 0.2) is 18.2 Å². The summed E-state index contributed by atoms with van der Waals surface area (Å²) in [5.41, 5.74) is -0.557. The number of hydrogen-bond donors (Lipinski definition) is 1. The third kappa shape index (κ3) is 4.76. The second-order valence-electron chi connectivity index (χ2n) is 10.3. The average molecular weight is 444 g/mol. The first-order chi connectivity index (χ1) is 14.9. The molecule has 1 aromatic rings. The van der Waals surface area contributed by atoms with E-state index >= 15 is 0 Å². The summed E-state index contributed by atoms with van der Waals surface area (Å²) in [6.07, 6.45) is 3.82. The molecule has 2 atom stereocenters. The van der Waals surface area contributed by atoms with Gasteiger partial charge in [0, 0.05) is 23.2 Å². The number of likely N-dealkylation sites (tertiary alicyclic amines) is 1. The highest BCUT2D eigenvalue weighted by Gasteiger charge is 2.43. The van der Waals surface area contributed by atoms with Crippen LogP contribution in [0, 0.1) is 0 Å². The van der Waals surface area contributed by atoms with E-state index in [0.29, 0.717) is 17.0 Å². The van der Waals surface area contributed by atoms with Crippen molar-refractivity contribution in [3.8, 4) is 5.75 Å². The van der Waals surface area contributed by atoms with Gasteiger partial charge < -0.3 is 15.0 Å². The maximum atomic E-state index is 13.3. The minimum atomic E-state index is -1.10. The first-order valence-electron chi connectivity index (χ1n) is 11.6. The topological polar surface area (TPSA) is 79.0 Å². The molecule has 1 N–H and O–H groups in total. The van der Waals surface area contributed by atoms with Crippen molar-refractivity contribution >= 4 is 23.4 Å². The van der Waals surface area contributed by atoms with Gasteiger partial charge >= 0.3 is 0 Å². The summed E-state index contributed by atoms with van der Waals surface area (Å²) in [5.74, 6) is -0.0966. The Morgan fingerprint density at radius 1 is 1.19 bits per heavy atom. The number of piperidine rings is 1. The summed E-state index contributed by atoms with van der Waals surface area (Å²) in [6, 6.07) is 5.34. The van der Waals surface area contributed by atoms with Crippen LogP contribution in [-0.2, 0) is 9.59 Å². The molecule has 1 fully saturated rings. The Balaban J connectivity index is 1.93. The molecule has 7 nitrogen and oxygen atoms in total. The Labute approximate surface area is 191 Å². The van der Waals surface area contributed by atoms with Crippen molar-refractivity contribution in [1.29, 1.82) is 0 Å². The molecule has 2 aliphatic rings. The number of anilines is 1. The number of ether oxygens (including phenoxy) is 1. The molecule has 1 aromatic carbocycles. The molecule has 176 valence electrons. The van der Waals surface area contributed by atoms with E-state index in [1.165, 1.54) is 4.90 Å². The number of benzene rings is 1. The number of nitrogens with zero attached hydrogens (tertiary/aromatic N) is 2. The van der Waals surface area contributed by atoms with E-state index in [4.69, 9.17) is 4.74 Å². The molecule has 1 saturated heterocycles. The molecular weight excluding hydrogens is 406 g/mol. The smallest absolute Gasteiger partial charge is 0.271 e. The first-order valence-corrected chi connectivity index (χ1v) is 11.6. The van der Waals surface area contributed by atoms with Crippen LogP contribution >= 0.6 is 0 Å². The van der Waals surface area contributed by atoms with Crippen LogP contribution in [0.1, 0.15) is 84.5 Å². The number of carbonyl (C=O) groups excluding carboxylic acids is 3. The second-order valence-corrected chi connectivity index (χ2v) is 10.3. The molecule has 2 aliphatic heterocycles. The fraction of sp³-hybridized carbons (Fsp3) is 0.640. The minimum Gasteiger partial charge on any atom is -0.476 e. The van der Waals surface area contributed by atoms with E-state index in [1.54, 1.807) is 32.0 Å². The maximum Gasteiger partial charge on any atom is 0.271 e. The molecular formula is C25H37N3O4. The third-order valence-corrected chi connectivity index (χ3v) is 6.75. The number of amides is 3. The lowest BCUT2D eigenvalue weighted by Crippen LogP contribution is -2.57. The molecule has 0 radical (unpaired) electrons. The van der Waals surface area contributed by atoms with Gasteiger partial charge in [0.2, 0.25) is 5.91 Å². The summed E-state index contributed by atoms with van der Waals surface area (Å²) in [4.78, 5) is 42.8. The Kier molecular flexibility index (Phi) is 6.59. The molecule has 0 aliphatic carbocycles. The standard InChI is InChI=1S/C25H37N3O4/c1-8-24(4,5)26-22(30)18-12-13-20-19(14-18)27(23(31)25(6,7)32-20)15-21(29)28-16(2)10-9-11-17(28)3/h12-14,16-17H,8-11,15H2,1-7H3,(H,26,30). The quantitative estimate of drug-likeness (QED) is 0.749. The maximum absolute atomic E-state index is 13.3. The van der Waals surface area contributed by atoms with Crippen LogP contribution in [0.25, 0.3) is 0 Å². The summed E-state index contributed by atoms with van der Waals surface area (Å²) in [7, 11) is 0. The van der Waals surface area contributed by atoms with Gasteiger partial charge in [-0.2, -0.15) is 0 Å². The molecule has 2 heterocycles. The predicted octanol–water partition coefficient (Wildman–Crippen LogP) is 3.90. The van der Waals surface area contributed by atoms with E-state index in [0.717, 1.165) is 25.7 Å². The lowest BCUT2D eigenvalue weighted by atomic mass is 9.97. The lowest BCUT2D eigenvalue weighted by Gasteiger charge is -2.42. The summed E-state index contributed by atoms with van der Waals surface area (Å²) < 4.78 is 5.94. The monoisotopic (exact) mass is 443 g/mol. The highest BCUT2D eigenvalue weighted by Crippen LogP contribution is 2.39. The van der Waals surface area contributed by atoms with Gasteiger partial charge in [0.15, 0.2) is 5.60 Å². The predicted molar refractivity (Wildman–Crippen MR) is 125 cm³/mol. The molecule has 0 spiro atoms.